The Bertz CT molecular complexity index is 918. The van der Waals surface area contributed by atoms with E-state index in [0.29, 0.717) is 0 Å². The lowest BCUT2D eigenvalue weighted by Gasteiger charge is -1.91. The van der Waals surface area contributed by atoms with Crippen LogP contribution in [0.2, 0.25) is 0 Å². The maximum absolute atomic E-state index is 4.23. The summed E-state index contributed by atoms with van der Waals surface area (Å²) < 4.78 is 5.85. The molecule has 0 fully saturated rings. The molecule has 0 atom stereocenters. The fourth-order valence-electron chi connectivity index (χ4n) is 2.41. The van der Waals surface area contributed by atoms with E-state index in [1.807, 2.05) is 83.5 Å². The lowest BCUT2D eigenvalue weighted by atomic mass is 10.3. The molecule has 116 valence electrons. The topological polar surface area (TPSA) is 63.2 Å². The number of nitrogens with zero attached hydrogens (tertiary/aromatic N) is 7. The second kappa shape index (κ2) is 6.35. The van der Waals surface area contributed by atoms with Gasteiger partial charge in [0.15, 0.2) is 6.34 Å². The summed E-state index contributed by atoms with van der Waals surface area (Å²) in [4.78, 5) is 0. The Balaban J connectivity index is 1.87. The summed E-state index contributed by atoms with van der Waals surface area (Å²) in [5.74, 6) is 0.745. The van der Waals surface area contributed by atoms with E-state index in [4.69, 9.17) is 0 Å². The predicted molar refractivity (Wildman–Crippen MR) is 88.1 cm³/mol. The second-order valence-corrected chi connectivity index (χ2v) is 5.12. The second-order valence-electron chi connectivity index (χ2n) is 5.12. The third-order valence-corrected chi connectivity index (χ3v) is 3.64. The van der Waals surface area contributed by atoms with Crippen molar-refractivity contribution in [2.45, 2.75) is 0 Å². The molecule has 3 aromatic rings. The molecule has 0 saturated heterocycles. The number of azo groups is 1. The fraction of sp³-hybridized carbons (Fsp3) is 0.188. The highest BCUT2D eigenvalue weighted by molar-refractivity contribution is 5.75. The van der Waals surface area contributed by atoms with Crippen LogP contribution in [0.5, 0.6) is 0 Å². The van der Waals surface area contributed by atoms with E-state index >= 15 is 0 Å². The number of imidazole rings is 1. The summed E-state index contributed by atoms with van der Waals surface area (Å²) in [5, 5.41) is 16.2. The summed E-state index contributed by atoms with van der Waals surface area (Å²) in [6, 6.07) is 13.8. The molecule has 0 saturated carbocycles. The average Bonchev–Trinajstić information content (AvgIpc) is 2.81. The largest absolute Gasteiger partial charge is 0.350 e. The van der Waals surface area contributed by atoms with Crippen molar-refractivity contribution < 1.29 is 4.57 Å². The van der Waals surface area contributed by atoms with Crippen molar-refractivity contribution in [3.63, 3.8) is 0 Å². The van der Waals surface area contributed by atoms with E-state index in [0.717, 1.165) is 22.5 Å². The van der Waals surface area contributed by atoms with Crippen LogP contribution < -0.4 is 10.2 Å². The van der Waals surface area contributed by atoms with Gasteiger partial charge in [0.2, 0.25) is 5.62 Å². The molecule has 1 aromatic carbocycles. The summed E-state index contributed by atoms with van der Waals surface area (Å²) >= 11 is 0. The van der Waals surface area contributed by atoms with Crippen molar-refractivity contribution in [2.75, 3.05) is 0 Å². The average molecular weight is 308 g/mol. The van der Waals surface area contributed by atoms with Gasteiger partial charge in [0.05, 0.1) is 29.4 Å². The molecule has 0 N–H and O–H groups in total. The minimum absolute atomic E-state index is 0.739. The monoisotopic (exact) mass is 308 g/mol. The molecule has 0 spiro atoms. The lowest BCUT2D eigenvalue weighted by molar-refractivity contribution is -0.658. The summed E-state index contributed by atoms with van der Waals surface area (Å²) in [5.41, 5.74) is 2.94. The van der Waals surface area contributed by atoms with Crippen molar-refractivity contribution >= 4 is 23.2 Å². The number of hydrogen-bond donors (Lipinski definition) is 0. The molecule has 0 aliphatic heterocycles. The van der Waals surface area contributed by atoms with Gasteiger partial charge >= 0.3 is 5.82 Å². The normalized spacial score (nSPS) is 11.8. The van der Waals surface area contributed by atoms with Gasteiger partial charge in [-0.05, 0) is 23.3 Å². The highest BCUT2D eigenvalue weighted by Gasteiger charge is 2.04. The number of pyridine rings is 1. The van der Waals surface area contributed by atoms with Crippen molar-refractivity contribution in [1.82, 2.24) is 9.13 Å². The van der Waals surface area contributed by atoms with Gasteiger partial charge in [0.1, 0.15) is 0 Å². The van der Waals surface area contributed by atoms with Crippen molar-refractivity contribution in [2.24, 2.45) is 41.6 Å². The van der Waals surface area contributed by atoms with Crippen LogP contribution in [0.1, 0.15) is 0 Å². The Morgan fingerprint density at radius 2 is 1.61 bits per heavy atom. The standard InChI is InChI=1S/C16H18N7/c1-21-11-7-6-10-15(21)19-17-12-18-20-16-22(2)13-8-4-5-9-14(13)23(16)3/h4-12H,1-3H3/q+1. The van der Waals surface area contributed by atoms with Crippen LogP contribution >= 0.6 is 0 Å². The number of aryl methyl sites for hydroxylation is 3. The molecule has 0 aliphatic carbocycles. The molecule has 7 heteroatoms. The quantitative estimate of drug-likeness (QED) is 0.233. The van der Waals surface area contributed by atoms with Gasteiger partial charge in [0, 0.05) is 20.2 Å². The maximum atomic E-state index is 4.23. The van der Waals surface area contributed by atoms with Crippen LogP contribution in [0.25, 0.3) is 11.0 Å². The number of hydrogen-bond acceptors (Lipinski definition) is 3. The van der Waals surface area contributed by atoms with Crippen LogP contribution in [-0.2, 0) is 21.1 Å². The van der Waals surface area contributed by atoms with Gasteiger partial charge < -0.3 is 9.13 Å². The molecule has 2 aromatic heterocycles. The van der Waals surface area contributed by atoms with Crippen LogP contribution in [0, 0.1) is 0 Å². The predicted octanol–water partition coefficient (Wildman–Crippen LogP) is 1.97. The zero-order valence-electron chi connectivity index (χ0n) is 13.3. The van der Waals surface area contributed by atoms with Crippen LogP contribution in [0.15, 0.2) is 69.1 Å². The first kappa shape index (κ1) is 14.8. The molecule has 23 heavy (non-hydrogen) atoms. The minimum Gasteiger partial charge on any atom is -0.312 e. The first-order chi connectivity index (χ1) is 11.2. The van der Waals surface area contributed by atoms with Crippen molar-refractivity contribution in [3.8, 4) is 0 Å². The van der Waals surface area contributed by atoms with Gasteiger partial charge in [-0.25, -0.2) is 4.57 Å². The lowest BCUT2D eigenvalue weighted by Crippen LogP contribution is -2.26. The molecule has 2 heterocycles. The van der Waals surface area contributed by atoms with Gasteiger partial charge in [-0.15, -0.1) is 10.2 Å². The SMILES string of the molecule is Cn1c(=NN=CN=Nc2cccc[n+]2C)n(C)c2ccccc21. The van der Waals surface area contributed by atoms with E-state index in [1.165, 1.54) is 6.34 Å². The van der Waals surface area contributed by atoms with E-state index in [-0.39, 0.29) is 0 Å². The minimum atomic E-state index is 0.739. The number of rotatable bonds is 3. The zero-order valence-corrected chi connectivity index (χ0v) is 13.3. The highest BCUT2D eigenvalue weighted by Crippen LogP contribution is 2.09. The Morgan fingerprint density at radius 1 is 0.957 bits per heavy atom. The van der Waals surface area contributed by atoms with Gasteiger partial charge in [0.25, 0.3) is 0 Å². The van der Waals surface area contributed by atoms with Gasteiger partial charge in [-0.3, -0.25) is 0 Å². The van der Waals surface area contributed by atoms with Crippen molar-refractivity contribution in [3.05, 3.63) is 54.3 Å². The third kappa shape index (κ3) is 2.94. The zero-order chi connectivity index (χ0) is 16.2. The number of fused-ring (bicyclic) bond motifs is 1. The van der Waals surface area contributed by atoms with E-state index in [2.05, 4.69) is 20.4 Å². The third-order valence-electron chi connectivity index (χ3n) is 3.64. The molecule has 3 rings (SSSR count). The van der Waals surface area contributed by atoms with E-state index in [1.54, 1.807) is 0 Å². The first-order valence-corrected chi connectivity index (χ1v) is 7.20. The van der Waals surface area contributed by atoms with Crippen molar-refractivity contribution in [1.29, 1.82) is 0 Å². The van der Waals surface area contributed by atoms with E-state index < -0.39 is 0 Å². The Hall–Kier alpha value is -3.09. The first-order valence-electron chi connectivity index (χ1n) is 7.20. The van der Waals surface area contributed by atoms with Crippen LogP contribution in [0.3, 0.4) is 0 Å². The molecule has 0 bridgehead atoms. The van der Waals surface area contributed by atoms with Gasteiger partial charge in [-0.2, -0.15) is 0 Å². The molecule has 0 unspecified atom stereocenters. The molecule has 0 radical (unpaired) electrons. The molecule has 7 nitrogen and oxygen atoms in total. The van der Waals surface area contributed by atoms with Gasteiger partial charge in [-0.1, -0.05) is 18.2 Å². The molecule has 0 amide bonds. The van der Waals surface area contributed by atoms with Crippen LogP contribution in [-0.4, -0.2) is 15.5 Å². The Morgan fingerprint density at radius 3 is 2.26 bits per heavy atom. The van der Waals surface area contributed by atoms with E-state index in [9.17, 15) is 0 Å². The number of benzene rings is 1. The highest BCUT2D eigenvalue weighted by atomic mass is 15.3. The summed E-state index contributed by atoms with van der Waals surface area (Å²) in [6.45, 7) is 0. The molecular formula is C16H18N7+. The number of aromatic nitrogens is 3. The smallest absolute Gasteiger partial charge is 0.312 e. The maximum Gasteiger partial charge on any atom is 0.350 e. The summed E-state index contributed by atoms with van der Waals surface area (Å²) in [7, 11) is 5.83. The Labute approximate surface area is 133 Å². The van der Waals surface area contributed by atoms with Crippen LogP contribution in [0.4, 0.5) is 5.82 Å². The fourth-order valence-corrected chi connectivity index (χ4v) is 2.41. The molecule has 0 aliphatic rings. The molecular weight excluding hydrogens is 290 g/mol. The Kier molecular flexibility index (Phi) is 4.09. The number of para-hydroxylation sites is 2. The summed E-state index contributed by atoms with van der Waals surface area (Å²) in [6.07, 6.45) is 3.25.